The van der Waals surface area contributed by atoms with Crippen LogP contribution in [0.2, 0.25) is 0 Å². The molecule has 2 heteroatoms. The summed E-state index contributed by atoms with van der Waals surface area (Å²) in [7, 11) is 0. The predicted octanol–water partition coefficient (Wildman–Crippen LogP) is 5.17. The molecule has 1 unspecified atom stereocenters. The number of anilines is 1. The Labute approximate surface area is 114 Å². The molecule has 19 heavy (non-hydrogen) atoms. The van der Waals surface area contributed by atoms with Crippen LogP contribution < -0.4 is 5.32 Å². The number of halogens is 1. The van der Waals surface area contributed by atoms with Gasteiger partial charge in [-0.25, -0.2) is 4.39 Å². The lowest BCUT2D eigenvalue weighted by molar-refractivity contribution is 0.621. The molecule has 1 nitrogen and oxygen atoms in total. The minimum Gasteiger partial charge on any atom is -0.378 e. The minimum absolute atomic E-state index is 0.202. The number of nitrogens with one attached hydrogen (secondary N) is 1. The first-order valence-electron chi connectivity index (χ1n) is 6.86. The van der Waals surface area contributed by atoms with Gasteiger partial charge in [-0.3, -0.25) is 0 Å². The lowest BCUT2D eigenvalue weighted by atomic mass is 10.0. The van der Waals surface area contributed by atoms with E-state index < -0.39 is 0 Å². The van der Waals surface area contributed by atoms with Gasteiger partial charge in [0.05, 0.1) is 6.04 Å². The van der Waals surface area contributed by atoms with E-state index in [1.165, 1.54) is 11.6 Å². The molecular weight excluding hydrogens is 237 g/mol. The average molecular weight is 257 g/mol. The topological polar surface area (TPSA) is 12.0 Å². The lowest BCUT2D eigenvalue weighted by Gasteiger charge is -2.20. The van der Waals surface area contributed by atoms with Crippen LogP contribution in [0.3, 0.4) is 0 Å². The zero-order valence-electron chi connectivity index (χ0n) is 11.3. The van der Waals surface area contributed by atoms with Gasteiger partial charge in [-0.1, -0.05) is 56.2 Å². The second kappa shape index (κ2) is 6.93. The van der Waals surface area contributed by atoms with E-state index in [0.29, 0.717) is 0 Å². The fraction of sp³-hybridized carbons (Fsp3) is 0.294. The molecule has 0 amide bonds. The summed E-state index contributed by atoms with van der Waals surface area (Å²) in [6.07, 6.45) is 3.37. The number of hydrogen-bond donors (Lipinski definition) is 1. The molecule has 0 aromatic heterocycles. The minimum atomic E-state index is -0.202. The van der Waals surface area contributed by atoms with Crippen molar-refractivity contribution in [2.45, 2.75) is 32.2 Å². The second-order valence-corrected chi connectivity index (χ2v) is 4.76. The van der Waals surface area contributed by atoms with E-state index in [4.69, 9.17) is 0 Å². The van der Waals surface area contributed by atoms with Gasteiger partial charge >= 0.3 is 0 Å². The summed E-state index contributed by atoms with van der Waals surface area (Å²) < 4.78 is 13.2. The van der Waals surface area contributed by atoms with Gasteiger partial charge in [0, 0.05) is 5.69 Å². The van der Waals surface area contributed by atoms with Crippen LogP contribution in [0.4, 0.5) is 10.1 Å². The molecule has 0 heterocycles. The first kappa shape index (κ1) is 13.6. The first-order valence-corrected chi connectivity index (χ1v) is 6.86. The van der Waals surface area contributed by atoms with E-state index in [0.717, 1.165) is 24.9 Å². The van der Waals surface area contributed by atoms with Crippen molar-refractivity contribution in [1.82, 2.24) is 0 Å². The summed E-state index contributed by atoms with van der Waals surface area (Å²) in [5.74, 6) is -0.202. The third-order valence-corrected chi connectivity index (χ3v) is 3.21. The van der Waals surface area contributed by atoms with Crippen molar-refractivity contribution in [2.24, 2.45) is 0 Å². The van der Waals surface area contributed by atoms with Crippen molar-refractivity contribution >= 4 is 5.69 Å². The maximum Gasteiger partial charge on any atom is 0.125 e. The molecule has 0 radical (unpaired) electrons. The zero-order valence-corrected chi connectivity index (χ0v) is 11.3. The zero-order chi connectivity index (χ0) is 13.5. The van der Waals surface area contributed by atoms with Crippen LogP contribution in [0.5, 0.6) is 0 Å². The largest absolute Gasteiger partial charge is 0.378 e. The Kier molecular flexibility index (Phi) is 4.96. The molecule has 0 spiro atoms. The maximum absolute atomic E-state index is 13.2. The van der Waals surface area contributed by atoms with Gasteiger partial charge in [-0.05, 0) is 30.2 Å². The monoisotopic (exact) mass is 257 g/mol. The van der Waals surface area contributed by atoms with Crippen molar-refractivity contribution in [3.05, 3.63) is 66.0 Å². The molecule has 0 aliphatic heterocycles. The lowest BCUT2D eigenvalue weighted by Crippen LogP contribution is -2.10. The Morgan fingerprint density at radius 2 is 1.84 bits per heavy atom. The van der Waals surface area contributed by atoms with Crippen LogP contribution in [0.1, 0.15) is 37.8 Å². The van der Waals surface area contributed by atoms with E-state index in [1.807, 2.05) is 24.3 Å². The second-order valence-electron chi connectivity index (χ2n) is 4.76. The summed E-state index contributed by atoms with van der Waals surface area (Å²) in [4.78, 5) is 0. The van der Waals surface area contributed by atoms with Crippen molar-refractivity contribution < 1.29 is 4.39 Å². The van der Waals surface area contributed by atoms with Gasteiger partial charge in [0.1, 0.15) is 5.82 Å². The standard InChI is InChI=1S/C17H20FN/c1-2-3-12-17(14-8-5-4-6-9-14)19-16-11-7-10-15(18)13-16/h4-11,13,17,19H,2-3,12H2,1H3. The molecule has 0 bridgehead atoms. The van der Waals surface area contributed by atoms with Crippen LogP contribution in [0, 0.1) is 5.82 Å². The molecule has 0 saturated heterocycles. The van der Waals surface area contributed by atoms with Gasteiger partial charge in [0.25, 0.3) is 0 Å². The van der Waals surface area contributed by atoms with Gasteiger partial charge < -0.3 is 5.32 Å². The van der Waals surface area contributed by atoms with E-state index in [-0.39, 0.29) is 11.9 Å². The summed E-state index contributed by atoms with van der Waals surface area (Å²) in [5.41, 5.74) is 2.09. The molecule has 0 aliphatic rings. The molecule has 2 aromatic rings. The smallest absolute Gasteiger partial charge is 0.125 e. The van der Waals surface area contributed by atoms with Crippen LogP contribution >= 0.6 is 0 Å². The molecule has 0 saturated carbocycles. The van der Waals surface area contributed by atoms with Gasteiger partial charge in [0.15, 0.2) is 0 Å². The highest BCUT2D eigenvalue weighted by molar-refractivity contribution is 5.45. The maximum atomic E-state index is 13.2. The molecule has 1 atom stereocenters. The molecule has 1 N–H and O–H groups in total. The third-order valence-electron chi connectivity index (χ3n) is 3.21. The predicted molar refractivity (Wildman–Crippen MR) is 78.7 cm³/mol. The number of hydrogen-bond acceptors (Lipinski definition) is 1. The molecule has 2 aromatic carbocycles. The van der Waals surface area contributed by atoms with Crippen LogP contribution in [-0.4, -0.2) is 0 Å². The van der Waals surface area contributed by atoms with E-state index in [1.54, 1.807) is 12.1 Å². The average Bonchev–Trinajstić information content (AvgIpc) is 2.44. The Morgan fingerprint density at radius 3 is 2.53 bits per heavy atom. The van der Waals surface area contributed by atoms with Crippen molar-refractivity contribution in [1.29, 1.82) is 0 Å². The van der Waals surface area contributed by atoms with E-state index in [2.05, 4.69) is 24.4 Å². The Bertz CT molecular complexity index is 496. The van der Waals surface area contributed by atoms with Crippen LogP contribution in [-0.2, 0) is 0 Å². The van der Waals surface area contributed by atoms with E-state index >= 15 is 0 Å². The van der Waals surface area contributed by atoms with Crippen LogP contribution in [0.25, 0.3) is 0 Å². The fourth-order valence-electron chi connectivity index (χ4n) is 2.20. The van der Waals surface area contributed by atoms with Gasteiger partial charge in [0.2, 0.25) is 0 Å². The molecule has 0 fully saturated rings. The Morgan fingerprint density at radius 1 is 1.05 bits per heavy atom. The SMILES string of the molecule is CCCCC(Nc1cccc(F)c1)c1ccccc1. The van der Waals surface area contributed by atoms with Crippen molar-refractivity contribution in [3.63, 3.8) is 0 Å². The Balaban J connectivity index is 2.14. The summed E-state index contributed by atoms with van der Waals surface area (Å²) in [5, 5.41) is 3.43. The van der Waals surface area contributed by atoms with Crippen molar-refractivity contribution in [3.8, 4) is 0 Å². The van der Waals surface area contributed by atoms with Gasteiger partial charge in [-0.2, -0.15) is 0 Å². The Hall–Kier alpha value is -1.83. The summed E-state index contributed by atoms with van der Waals surface area (Å²) in [6.45, 7) is 2.18. The quantitative estimate of drug-likeness (QED) is 0.752. The highest BCUT2D eigenvalue weighted by atomic mass is 19.1. The van der Waals surface area contributed by atoms with Crippen LogP contribution in [0.15, 0.2) is 54.6 Å². The number of benzene rings is 2. The van der Waals surface area contributed by atoms with E-state index in [9.17, 15) is 4.39 Å². The highest BCUT2D eigenvalue weighted by Crippen LogP contribution is 2.24. The highest BCUT2D eigenvalue weighted by Gasteiger charge is 2.10. The normalized spacial score (nSPS) is 12.1. The molecule has 100 valence electrons. The molecular formula is C17H20FN. The number of unbranched alkanes of at least 4 members (excludes halogenated alkanes) is 1. The third kappa shape index (κ3) is 4.09. The van der Waals surface area contributed by atoms with Gasteiger partial charge in [-0.15, -0.1) is 0 Å². The molecule has 2 rings (SSSR count). The number of rotatable bonds is 6. The van der Waals surface area contributed by atoms with Crippen molar-refractivity contribution in [2.75, 3.05) is 5.32 Å². The summed E-state index contributed by atoms with van der Waals surface area (Å²) >= 11 is 0. The molecule has 0 aliphatic carbocycles. The summed E-state index contributed by atoms with van der Waals surface area (Å²) in [6, 6.07) is 17.2. The fourth-order valence-corrected chi connectivity index (χ4v) is 2.20. The first-order chi connectivity index (χ1) is 9.29.